The lowest BCUT2D eigenvalue weighted by Crippen LogP contribution is -2.34. The average molecular weight is 336 g/mol. The largest absolute Gasteiger partial charge is 0.493 e. The third kappa shape index (κ3) is 3.73. The molecule has 6 heteroatoms. The number of carbonyl (C=O) groups is 1. The van der Waals surface area contributed by atoms with Crippen molar-refractivity contribution in [1.82, 2.24) is 10.2 Å². The standard InChI is InChI=1S/C16H20N2O2S2/c19-15(11-22-16(21)18-8-3-4-9-18)17-13-7-10-20-14-6-2-1-5-12(13)14/h1-2,5-6,13H,3-4,7-11H2,(H,17,19)/t13-/m1/s1. The number of likely N-dealkylation sites (tertiary alicyclic amines) is 1. The van der Waals surface area contributed by atoms with Crippen LogP contribution in [-0.4, -0.2) is 40.6 Å². The van der Waals surface area contributed by atoms with E-state index in [-0.39, 0.29) is 11.9 Å². The normalized spacial score (nSPS) is 20.2. The Balaban J connectivity index is 1.51. The summed E-state index contributed by atoms with van der Waals surface area (Å²) in [5.74, 6) is 1.29. The van der Waals surface area contributed by atoms with E-state index in [2.05, 4.69) is 10.2 Å². The molecule has 0 spiro atoms. The van der Waals surface area contributed by atoms with Gasteiger partial charge in [0.05, 0.1) is 18.4 Å². The highest BCUT2D eigenvalue weighted by Crippen LogP contribution is 2.31. The highest BCUT2D eigenvalue weighted by molar-refractivity contribution is 8.23. The van der Waals surface area contributed by atoms with Gasteiger partial charge in [0.2, 0.25) is 5.91 Å². The van der Waals surface area contributed by atoms with Gasteiger partial charge in [0.15, 0.2) is 0 Å². The Morgan fingerprint density at radius 1 is 1.36 bits per heavy atom. The number of benzene rings is 1. The topological polar surface area (TPSA) is 41.6 Å². The van der Waals surface area contributed by atoms with E-state index in [0.29, 0.717) is 12.4 Å². The number of rotatable bonds is 3. The number of thiocarbonyl (C=S) groups is 1. The summed E-state index contributed by atoms with van der Waals surface area (Å²) in [7, 11) is 0. The molecule has 1 aromatic carbocycles. The maximum absolute atomic E-state index is 12.2. The lowest BCUT2D eigenvalue weighted by atomic mass is 10.0. The molecule has 2 aliphatic rings. The third-order valence-corrected chi connectivity index (χ3v) is 5.51. The van der Waals surface area contributed by atoms with Crippen molar-refractivity contribution < 1.29 is 9.53 Å². The lowest BCUT2D eigenvalue weighted by molar-refractivity contribution is -0.119. The van der Waals surface area contributed by atoms with Crippen molar-refractivity contribution in [1.29, 1.82) is 0 Å². The van der Waals surface area contributed by atoms with Gasteiger partial charge < -0.3 is 15.0 Å². The number of carbonyl (C=O) groups excluding carboxylic acids is 1. The van der Waals surface area contributed by atoms with Crippen molar-refractivity contribution in [2.75, 3.05) is 25.4 Å². The Hall–Kier alpha value is -1.27. The summed E-state index contributed by atoms with van der Waals surface area (Å²) in [6, 6.07) is 7.93. The number of nitrogens with zero attached hydrogens (tertiary/aromatic N) is 1. The molecule has 1 N–H and O–H groups in total. The zero-order valence-electron chi connectivity index (χ0n) is 12.4. The van der Waals surface area contributed by atoms with Crippen LogP contribution in [0, 0.1) is 0 Å². The predicted molar refractivity (Wildman–Crippen MR) is 93.3 cm³/mol. The van der Waals surface area contributed by atoms with Crippen LogP contribution in [0.1, 0.15) is 30.9 Å². The van der Waals surface area contributed by atoms with E-state index < -0.39 is 0 Å². The second-order valence-corrected chi connectivity index (χ2v) is 7.15. The van der Waals surface area contributed by atoms with Crippen LogP contribution in [0.25, 0.3) is 0 Å². The molecular formula is C16H20N2O2S2. The van der Waals surface area contributed by atoms with Crippen LogP contribution >= 0.6 is 24.0 Å². The van der Waals surface area contributed by atoms with Crippen molar-refractivity contribution in [2.24, 2.45) is 0 Å². The molecule has 2 heterocycles. The Kier molecular flexibility index (Phi) is 5.20. The minimum Gasteiger partial charge on any atom is -0.493 e. The average Bonchev–Trinajstić information content (AvgIpc) is 3.07. The van der Waals surface area contributed by atoms with E-state index >= 15 is 0 Å². The van der Waals surface area contributed by atoms with Crippen LogP contribution < -0.4 is 10.1 Å². The monoisotopic (exact) mass is 336 g/mol. The molecule has 0 aliphatic carbocycles. The van der Waals surface area contributed by atoms with Gasteiger partial charge in [0, 0.05) is 25.1 Å². The van der Waals surface area contributed by atoms with Crippen molar-refractivity contribution in [3.05, 3.63) is 29.8 Å². The molecule has 1 aromatic rings. The van der Waals surface area contributed by atoms with Gasteiger partial charge in [-0.15, -0.1) is 0 Å². The number of para-hydroxylation sites is 1. The first kappa shape index (κ1) is 15.6. The maximum atomic E-state index is 12.2. The summed E-state index contributed by atoms with van der Waals surface area (Å²) >= 11 is 6.85. The highest BCUT2D eigenvalue weighted by atomic mass is 32.2. The number of amides is 1. The molecule has 1 atom stereocenters. The molecule has 4 nitrogen and oxygen atoms in total. The smallest absolute Gasteiger partial charge is 0.230 e. The zero-order valence-corrected chi connectivity index (χ0v) is 14.0. The van der Waals surface area contributed by atoms with Gasteiger partial charge in [-0.05, 0) is 18.9 Å². The summed E-state index contributed by atoms with van der Waals surface area (Å²) in [4.78, 5) is 14.4. The van der Waals surface area contributed by atoms with Gasteiger partial charge in [-0.1, -0.05) is 42.2 Å². The fraction of sp³-hybridized carbons (Fsp3) is 0.500. The van der Waals surface area contributed by atoms with E-state index in [1.807, 2.05) is 24.3 Å². The van der Waals surface area contributed by atoms with Crippen LogP contribution in [-0.2, 0) is 4.79 Å². The van der Waals surface area contributed by atoms with Gasteiger partial charge in [-0.25, -0.2) is 0 Å². The number of thioether (sulfide) groups is 1. The molecule has 0 saturated carbocycles. The fourth-order valence-corrected chi connectivity index (χ4v) is 3.91. The lowest BCUT2D eigenvalue weighted by Gasteiger charge is -2.26. The minimum atomic E-state index is 0.0354. The van der Waals surface area contributed by atoms with E-state index in [1.54, 1.807) is 0 Å². The Labute approximate surface area is 140 Å². The molecular weight excluding hydrogens is 316 g/mol. The molecule has 118 valence electrons. The van der Waals surface area contributed by atoms with Crippen molar-refractivity contribution >= 4 is 34.2 Å². The van der Waals surface area contributed by atoms with Gasteiger partial charge in [-0.2, -0.15) is 0 Å². The van der Waals surface area contributed by atoms with Crippen LogP contribution in [0.2, 0.25) is 0 Å². The zero-order chi connectivity index (χ0) is 15.4. The number of hydrogen-bond acceptors (Lipinski definition) is 4. The minimum absolute atomic E-state index is 0.0354. The summed E-state index contributed by atoms with van der Waals surface area (Å²) < 4.78 is 6.46. The van der Waals surface area contributed by atoms with Gasteiger partial charge in [0.25, 0.3) is 0 Å². The second-order valence-electron chi connectivity index (χ2n) is 5.54. The van der Waals surface area contributed by atoms with Crippen molar-refractivity contribution in [2.45, 2.75) is 25.3 Å². The molecule has 22 heavy (non-hydrogen) atoms. The highest BCUT2D eigenvalue weighted by Gasteiger charge is 2.23. The van der Waals surface area contributed by atoms with Crippen LogP contribution in [0.5, 0.6) is 5.75 Å². The molecule has 0 bridgehead atoms. The van der Waals surface area contributed by atoms with Crippen LogP contribution in [0.15, 0.2) is 24.3 Å². The molecule has 3 rings (SSSR count). The summed E-state index contributed by atoms with van der Waals surface area (Å²) in [6.07, 6.45) is 3.21. The molecule has 1 fully saturated rings. The van der Waals surface area contributed by atoms with E-state index in [1.165, 1.54) is 24.6 Å². The first-order chi connectivity index (χ1) is 10.7. The Bertz CT molecular complexity index is 559. The van der Waals surface area contributed by atoms with Gasteiger partial charge in [0.1, 0.15) is 10.1 Å². The summed E-state index contributed by atoms with van der Waals surface area (Å²) in [5.41, 5.74) is 1.06. The van der Waals surface area contributed by atoms with Gasteiger partial charge >= 0.3 is 0 Å². The maximum Gasteiger partial charge on any atom is 0.230 e. The molecule has 1 saturated heterocycles. The SMILES string of the molecule is O=C(CSC(=S)N1CCCC1)N[C@@H]1CCOc2ccccc21. The number of hydrogen-bond donors (Lipinski definition) is 1. The molecule has 0 unspecified atom stereocenters. The van der Waals surface area contributed by atoms with Crippen LogP contribution in [0.3, 0.4) is 0 Å². The molecule has 1 amide bonds. The first-order valence-corrected chi connectivity index (χ1v) is 9.06. The number of ether oxygens (including phenoxy) is 1. The number of fused-ring (bicyclic) bond motifs is 1. The molecule has 0 radical (unpaired) electrons. The number of nitrogens with one attached hydrogen (secondary N) is 1. The first-order valence-electron chi connectivity index (χ1n) is 7.67. The van der Waals surface area contributed by atoms with Crippen LogP contribution in [0.4, 0.5) is 0 Å². The molecule has 0 aromatic heterocycles. The quantitative estimate of drug-likeness (QED) is 0.860. The van der Waals surface area contributed by atoms with Crippen molar-refractivity contribution in [3.8, 4) is 5.75 Å². The summed E-state index contributed by atoms with van der Waals surface area (Å²) in [6.45, 7) is 2.70. The fourth-order valence-electron chi connectivity index (χ4n) is 2.85. The third-order valence-electron chi connectivity index (χ3n) is 3.98. The van der Waals surface area contributed by atoms with Crippen molar-refractivity contribution in [3.63, 3.8) is 0 Å². The summed E-state index contributed by atoms with van der Waals surface area (Å²) in [5, 5.41) is 3.10. The molecule has 2 aliphatic heterocycles. The van der Waals surface area contributed by atoms with Gasteiger partial charge in [-0.3, -0.25) is 4.79 Å². The van der Waals surface area contributed by atoms with E-state index in [4.69, 9.17) is 17.0 Å². The predicted octanol–water partition coefficient (Wildman–Crippen LogP) is 2.74. The Morgan fingerprint density at radius 2 is 2.14 bits per heavy atom. The van der Waals surface area contributed by atoms with E-state index in [0.717, 1.165) is 35.1 Å². The second kappa shape index (κ2) is 7.33. The Morgan fingerprint density at radius 3 is 2.95 bits per heavy atom. The van der Waals surface area contributed by atoms with E-state index in [9.17, 15) is 4.79 Å².